The van der Waals surface area contributed by atoms with E-state index in [4.69, 9.17) is 4.74 Å². The van der Waals surface area contributed by atoms with Gasteiger partial charge in [-0.05, 0) is 49.1 Å². The quantitative estimate of drug-likeness (QED) is 0.747. The van der Waals surface area contributed by atoms with Crippen molar-refractivity contribution in [2.24, 2.45) is 0 Å². The van der Waals surface area contributed by atoms with E-state index in [2.05, 4.69) is 56.0 Å². The number of rotatable bonds is 3. The summed E-state index contributed by atoms with van der Waals surface area (Å²) in [6.07, 6.45) is 0. The monoisotopic (exact) mass is 363 g/mol. The summed E-state index contributed by atoms with van der Waals surface area (Å²) in [5.41, 5.74) is 6.64. The molecule has 4 rings (SSSR count). The fourth-order valence-corrected chi connectivity index (χ4v) is 4.61. The fourth-order valence-electron chi connectivity index (χ4n) is 4.61. The van der Waals surface area contributed by atoms with E-state index in [9.17, 15) is 4.79 Å². The van der Waals surface area contributed by atoms with Crippen molar-refractivity contribution in [3.63, 3.8) is 0 Å². The molecule has 0 saturated carbocycles. The second-order valence-electron chi connectivity index (χ2n) is 8.92. The molecule has 142 valence electrons. The third-order valence-corrected chi connectivity index (χ3v) is 6.45. The molecule has 1 aliphatic heterocycles. The molecule has 1 fully saturated rings. The summed E-state index contributed by atoms with van der Waals surface area (Å²) in [4.78, 5) is 15.7. The van der Waals surface area contributed by atoms with Crippen molar-refractivity contribution >= 4 is 5.78 Å². The van der Waals surface area contributed by atoms with E-state index in [1.807, 2.05) is 19.9 Å². The first-order valence-corrected chi connectivity index (χ1v) is 9.86. The zero-order chi connectivity index (χ0) is 19.4. The molecule has 1 aliphatic carbocycles. The van der Waals surface area contributed by atoms with Crippen LogP contribution in [0, 0.1) is 6.92 Å². The van der Waals surface area contributed by atoms with Crippen LogP contribution in [0.3, 0.4) is 0 Å². The van der Waals surface area contributed by atoms with Gasteiger partial charge in [0.25, 0.3) is 0 Å². The minimum Gasteiger partial charge on any atom is -0.379 e. The van der Waals surface area contributed by atoms with Crippen LogP contribution in [0.1, 0.15) is 54.7 Å². The molecule has 2 aliphatic rings. The van der Waals surface area contributed by atoms with Gasteiger partial charge in [0.1, 0.15) is 0 Å². The molecular weight excluding hydrogens is 334 g/mol. The molecule has 3 heteroatoms. The van der Waals surface area contributed by atoms with Crippen LogP contribution in [0.5, 0.6) is 0 Å². The number of ether oxygens (including phenoxy) is 1. The normalized spacial score (nSPS) is 18.9. The number of nitrogens with zero attached hydrogens (tertiary/aromatic N) is 1. The van der Waals surface area contributed by atoms with E-state index in [0.29, 0.717) is 13.2 Å². The maximum atomic E-state index is 13.4. The second-order valence-corrected chi connectivity index (χ2v) is 8.92. The number of ketones is 1. The van der Waals surface area contributed by atoms with Gasteiger partial charge in [0.05, 0.1) is 18.8 Å². The average Bonchev–Trinajstić information content (AvgIpc) is 2.88. The Bertz CT molecular complexity index is 905. The first kappa shape index (κ1) is 18.4. The molecule has 0 aromatic heterocycles. The molecule has 27 heavy (non-hydrogen) atoms. The van der Waals surface area contributed by atoms with Gasteiger partial charge in [0, 0.05) is 24.1 Å². The highest BCUT2D eigenvalue weighted by Gasteiger charge is 2.39. The third-order valence-electron chi connectivity index (χ3n) is 6.45. The molecule has 2 aromatic carbocycles. The summed E-state index contributed by atoms with van der Waals surface area (Å²) in [6.45, 7) is 13.7. The molecule has 0 N–H and O–H groups in total. The summed E-state index contributed by atoms with van der Waals surface area (Å²) < 4.78 is 5.46. The Morgan fingerprint density at radius 3 is 2.26 bits per heavy atom. The zero-order valence-corrected chi connectivity index (χ0v) is 17.1. The summed E-state index contributed by atoms with van der Waals surface area (Å²) in [5.74, 6) is 0.190. The van der Waals surface area contributed by atoms with Crippen molar-refractivity contribution in [2.75, 3.05) is 26.3 Å². The van der Waals surface area contributed by atoms with Crippen molar-refractivity contribution < 1.29 is 9.53 Å². The minimum absolute atomic E-state index is 0.0872. The van der Waals surface area contributed by atoms with Crippen LogP contribution in [0.4, 0.5) is 0 Å². The van der Waals surface area contributed by atoms with Crippen LogP contribution >= 0.6 is 0 Å². The third kappa shape index (κ3) is 2.84. The highest BCUT2D eigenvalue weighted by molar-refractivity contribution is 6.03. The van der Waals surface area contributed by atoms with E-state index < -0.39 is 5.54 Å². The number of carbonyl (C=O) groups excluding carboxylic acids is 1. The maximum Gasteiger partial charge on any atom is 0.182 e. The Hall–Kier alpha value is -1.97. The molecular formula is C24H29NO2. The van der Waals surface area contributed by atoms with Crippen molar-refractivity contribution in [1.82, 2.24) is 4.90 Å². The molecule has 3 nitrogen and oxygen atoms in total. The maximum absolute atomic E-state index is 13.4. The van der Waals surface area contributed by atoms with Gasteiger partial charge in [-0.25, -0.2) is 0 Å². The van der Waals surface area contributed by atoms with Crippen LogP contribution < -0.4 is 0 Å². The Morgan fingerprint density at radius 1 is 1.00 bits per heavy atom. The summed E-state index contributed by atoms with van der Waals surface area (Å²) in [7, 11) is 0. The Morgan fingerprint density at radius 2 is 1.59 bits per heavy atom. The number of morpholine rings is 1. The van der Waals surface area contributed by atoms with Crippen LogP contribution in [-0.4, -0.2) is 42.5 Å². The molecule has 0 amide bonds. The molecule has 1 saturated heterocycles. The van der Waals surface area contributed by atoms with Gasteiger partial charge in [0.2, 0.25) is 0 Å². The lowest BCUT2D eigenvalue weighted by molar-refractivity contribution is -0.00430. The van der Waals surface area contributed by atoms with Gasteiger partial charge >= 0.3 is 0 Å². The molecule has 0 spiro atoms. The minimum atomic E-state index is -0.524. The Kier molecular flexibility index (Phi) is 4.28. The SMILES string of the molecule is Cc1ccc2c(c1)C(C)(C)c1cc(C(=O)C(C)(C)N3CCOCC3)ccc1-2. The largest absolute Gasteiger partial charge is 0.379 e. The predicted molar refractivity (Wildman–Crippen MR) is 110 cm³/mol. The number of carbonyl (C=O) groups is 1. The van der Waals surface area contributed by atoms with Crippen LogP contribution in [0.25, 0.3) is 11.1 Å². The van der Waals surface area contributed by atoms with E-state index in [-0.39, 0.29) is 11.2 Å². The highest BCUT2D eigenvalue weighted by Crippen LogP contribution is 2.49. The number of benzene rings is 2. The topological polar surface area (TPSA) is 29.5 Å². The van der Waals surface area contributed by atoms with Crippen LogP contribution in [0.2, 0.25) is 0 Å². The Labute approximate surface area is 162 Å². The standard InChI is InChI=1S/C24H29NO2/c1-16-6-8-18-19-9-7-17(15-21(19)23(2,3)20(18)14-16)22(26)24(4,5)25-10-12-27-13-11-25/h6-9,14-15H,10-13H2,1-5H3. The number of hydrogen-bond donors (Lipinski definition) is 0. The molecule has 0 radical (unpaired) electrons. The lowest BCUT2D eigenvalue weighted by Gasteiger charge is -2.39. The van der Waals surface area contributed by atoms with Crippen molar-refractivity contribution in [2.45, 2.75) is 45.6 Å². The highest BCUT2D eigenvalue weighted by atomic mass is 16.5. The first-order chi connectivity index (χ1) is 12.7. The van der Waals surface area contributed by atoms with Gasteiger partial charge in [-0.1, -0.05) is 49.7 Å². The molecule has 0 unspecified atom stereocenters. The van der Waals surface area contributed by atoms with Gasteiger partial charge in [0.15, 0.2) is 5.78 Å². The van der Waals surface area contributed by atoms with Crippen molar-refractivity contribution in [3.8, 4) is 11.1 Å². The summed E-state index contributed by atoms with van der Waals surface area (Å²) in [6, 6.07) is 13.0. The van der Waals surface area contributed by atoms with E-state index in [0.717, 1.165) is 18.7 Å². The van der Waals surface area contributed by atoms with Gasteiger partial charge in [-0.15, -0.1) is 0 Å². The summed E-state index contributed by atoms with van der Waals surface area (Å²) >= 11 is 0. The lowest BCUT2D eigenvalue weighted by atomic mass is 9.80. The molecule has 0 atom stereocenters. The number of hydrogen-bond acceptors (Lipinski definition) is 3. The van der Waals surface area contributed by atoms with Crippen molar-refractivity contribution in [1.29, 1.82) is 0 Å². The van der Waals surface area contributed by atoms with Crippen molar-refractivity contribution in [3.05, 3.63) is 58.7 Å². The van der Waals surface area contributed by atoms with E-state index in [1.165, 1.54) is 27.8 Å². The lowest BCUT2D eigenvalue weighted by Crippen LogP contribution is -2.54. The first-order valence-electron chi connectivity index (χ1n) is 9.86. The van der Waals surface area contributed by atoms with Gasteiger partial charge in [-0.3, -0.25) is 9.69 Å². The second kappa shape index (κ2) is 6.29. The smallest absolute Gasteiger partial charge is 0.182 e. The predicted octanol–water partition coefficient (Wildman–Crippen LogP) is 4.59. The molecule has 2 aromatic rings. The summed E-state index contributed by atoms with van der Waals surface area (Å²) in [5, 5.41) is 0. The number of Topliss-reactive ketones (excluding diaryl/α,β-unsaturated/α-hetero) is 1. The zero-order valence-electron chi connectivity index (χ0n) is 17.1. The number of aryl methyl sites for hydroxylation is 1. The van der Waals surface area contributed by atoms with E-state index in [1.54, 1.807) is 0 Å². The average molecular weight is 364 g/mol. The van der Waals surface area contributed by atoms with Crippen LogP contribution in [0.15, 0.2) is 36.4 Å². The fraction of sp³-hybridized carbons (Fsp3) is 0.458. The van der Waals surface area contributed by atoms with Crippen LogP contribution in [-0.2, 0) is 10.2 Å². The van der Waals surface area contributed by atoms with Gasteiger partial charge < -0.3 is 4.74 Å². The van der Waals surface area contributed by atoms with E-state index >= 15 is 0 Å². The Balaban J connectivity index is 1.73. The molecule has 1 heterocycles. The molecule has 0 bridgehead atoms. The van der Waals surface area contributed by atoms with Gasteiger partial charge in [-0.2, -0.15) is 0 Å². The number of fused-ring (bicyclic) bond motifs is 3.